The van der Waals surface area contributed by atoms with Crippen LogP contribution >= 0.6 is 11.8 Å². The number of aromatic nitrogens is 4. The quantitative estimate of drug-likeness (QED) is 0.352. The molecule has 2 rings (SSSR count). The fourth-order valence-corrected chi connectivity index (χ4v) is 2.13. The van der Waals surface area contributed by atoms with Gasteiger partial charge in [-0.1, -0.05) is 23.9 Å². The van der Waals surface area contributed by atoms with Crippen LogP contribution in [0.5, 0.6) is 0 Å². The molecule has 2 aromatic rings. The number of hydrogen-bond acceptors (Lipinski definition) is 6. The average molecular weight is 264 g/mol. The minimum atomic E-state index is -0.299. The molecule has 1 aromatic heterocycles. The summed E-state index contributed by atoms with van der Waals surface area (Å²) in [5.41, 5.74) is 3.70. The number of nitrogen functional groups attached to an aromatic ring is 1. The standard InChI is InChI=1S/C10H12N6OS/c1-16-10(13-14-15-16)18-6-7-2-4-8(5-3-7)9(17)12-11/h2-5H,6,11H2,1H3,(H,12,17). The van der Waals surface area contributed by atoms with Crippen LogP contribution in [0.4, 0.5) is 0 Å². The molecule has 0 spiro atoms. The van der Waals surface area contributed by atoms with Crippen LogP contribution in [0.25, 0.3) is 0 Å². The molecule has 3 N–H and O–H groups in total. The van der Waals surface area contributed by atoms with Crippen LogP contribution in [0.1, 0.15) is 15.9 Å². The monoisotopic (exact) mass is 264 g/mol. The molecule has 0 aliphatic carbocycles. The number of rotatable bonds is 4. The van der Waals surface area contributed by atoms with Gasteiger partial charge in [0.15, 0.2) is 0 Å². The number of hydrogen-bond donors (Lipinski definition) is 2. The third-order valence-electron chi connectivity index (χ3n) is 2.30. The second-order valence-electron chi connectivity index (χ2n) is 3.54. The van der Waals surface area contributed by atoms with Crippen LogP contribution in [0.15, 0.2) is 29.4 Å². The van der Waals surface area contributed by atoms with Gasteiger partial charge in [-0.15, -0.1) is 5.10 Å². The van der Waals surface area contributed by atoms with Gasteiger partial charge in [-0.05, 0) is 28.1 Å². The number of carbonyl (C=O) groups is 1. The number of hydrazine groups is 1. The summed E-state index contributed by atoms with van der Waals surface area (Å²) >= 11 is 1.53. The molecule has 1 amide bonds. The molecule has 8 heteroatoms. The highest BCUT2D eigenvalue weighted by Crippen LogP contribution is 2.19. The second kappa shape index (κ2) is 5.61. The lowest BCUT2D eigenvalue weighted by molar-refractivity contribution is 0.0953. The predicted molar refractivity (Wildman–Crippen MR) is 66.5 cm³/mol. The first-order valence-corrected chi connectivity index (χ1v) is 6.14. The average Bonchev–Trinajstić information content (AvgIpc) is 2.81. The Balaban J connectivity index is 1.98. The van der Waals surface area contributed by atoms with Crippen molar-refractivity contribution in [1.82, 2.24) is 25.6 Å². The molecule has 0 unspecified atom stereocenters. The first-order valence-electron chi connectivity index (χ1n) is 5.15. The molecule has 1 heterocycles. The highest BCUT2D eigenvalue weighted by molar-refractivity contribution is 7.98. The number of aryl methyl sites for hydroxylation is 1. The van der Waals surface area contributed by atoms with E-state index >= 15 is 0 Å². The second-order valence-corrected chi connectivity index (χ2v) is 4.49. The molecule has 0 fully saturated rings. The number of carbonyl (C=O) groups excluding carboxylic acids is 1. The Kier molecular flexibility index (Phi) is 3.90. The number of nitrogens with one attached hydrogen (secondary N) is 1. The summed E-state index contributed by atoms with van der Waals surface area (Å²) in [6.07, 6.45) is 0. The molecule has 7 nitrogen and oxygen atoms in total. The van der Waals surface area contributed by atoms with Crippen LogP contribution < -0.4 is 11.3 Å². The van der Waals surface area contributed by atoms with Crippen LogP contribution in [-0.2, 0) is 12.8 Å². The van der Waals surface area contributed by atoms with Gasteiger partial charge in [-0.2, -0.15) is 0 Å². The van der Waals surface area contributed by atoms with Gasteiger partial charge >= 0.3 is 0 Å². The Labute approximate surface area is 108 Å². The summed E-state index contributed by atoms with van der Waals surface area (Å²) in [5, 5.41) is 11.9. The molecular weight excluding hydrogens is 252 g/mol. The molecule has 0 saturated heterocycles. The van der Waals surface area contributed by atoms with E-state index in [1.807, 2.05) is 12.1 Å². The molecule has 0 aliphatic rings. The van der Waals surface area contributed by atoms with Gasteiger partial charge in [-0.3, -0.25) is 10.2 Å². The Morgan fingerprint density at radius 2 is 2.17 bits per heavy atom. The van der Waals surface area contributed by atoms with E-state index in [1.165, 1.54) is 11.8 Å². The van der Waals surface area contributed by atoms with E-state index in [2.05, 4.69) is 21.0 Å². The highest BCUT2D eigenvalue weighted by Gasteiger charge is 2.05. The van der Waals surface area contributed by atoms with Gasteiger partial charge in [0, 0.05) is 18.4 Å². The van der Waals surface area contributed by atoms with Gasteiger partial charge in [-0.25, -0.2) is 10.5 Å². The van der Waals surface area contributed by atoms with Crippen molar-refractivity contribution in [2.75, 3.05) is 0 Å². The smallest absolute Gasteiger partial charge is 0.265 e. The van der Waals surface area contributed by atoms with Gasteiger partial charge in [0.25, 0.3) is 5.91 Å². The lowest BCUT2D eigenvalue weighted by atomic mass is 10.1. The zero-order chi connectivity index (χ0) is 13.0. The number of tetrazole rings is 1. The fourth-order valence-electron chi connectivity index (χ4n) is 1.33. The van der Waals surface area contributed by atoms with Crippen molar-refractivity contribution >= 4 is 17.7 Å². The number of nitrogens with two attached hydrogens (primary N) is 1. The lowest BCUT2D eigenvalue weighted by Crippen LogP contribution is -2.29. The third-order valence-corrected chi connectivity index (χ3v) is 3.38. The van der Waals surface area contributed by atoms with Gasteiger partial charge in [0.1, 0.15) is 0 Å². The van der Waals surface area contributed by atoms with Crippen molar-refractivity contribution in [2.24, 2.45) is 12.9 Å². The summed E-state index contributed by atoms with van der Waals surface area (Å²) in [4.78, 5) is 11.2. The summed E-state index contributed by atoms with van der Waals surface area (Å²) in [6.45, 7) is 0. The van der Waals surface area contributed by atoms with E-state index in [1.54, 1.807) is 23.9 Å². The van der Waals surface area contributed by atoms with Crippen molar-refractivity contribution in [3.63, 3.8) is 0 Å². The fraction of sp³-hybridized carbons (Fsp3) is 0.200. The van der Waals surface area contributed by atoms with E-state index in [4.69, 9.17) is 5.84 Å². The molecule has 1 aromatic carbocycles. The van der Waals surface area contributed by atoms with Gasteiger partial charge in [0.05, 0.1) is 0 Å². The summed E-state index contributed by atoms with van der Waals surface area (Å²) in [5.74, 6) is 5.49. The first kappa shape index (κ1) is 12.5. The van der Waals surface area contributed by atoms with E-state index in [-0.39, 0.29) is 5.91 Å². The SMILES string of the molecule is Cn1nnnc1SCc1ccc(C(=O)NN)cc1. The molecule has 94 valence electrons. The normalized spacial score (nSPS) is 10.3. The maximum absolute atomic E-state index is 11.2. The molecule has 0 atom stereocenters. The lowest BCUT2D eigenvalue weighted by Gasteiger charge is -2.02. The van der Waals surface area contributed by atoms with Gasteiger partial charge in [0.2, 0.25) is 5.16 Å². The predicted octanol–water partition coefficient (Wildman–Crippen LogP) is 0.106. The zero-order valence-corrected chi connectivity index (χ0v) is 10.5. The van der Waals surface area contributed by atoms with Crippen molar-refractivity contribution in [3.8, 4) is 0 Å². The summed E-state index contributed by atoms with van der Waals surface area (Å²) < 4.78 is 1.61. The van der Waals surface area contributed by atoms with Crippen molar-refractivity contribution < 1.29 is 4.79 Å². The Morgan fingerprint density at radius 3 is 2.72 bits per heavy atom. The van der Waals surface area contributed by atoms with E-state index in [0.29, 0.717) is 5.56 Å². The largest absolute Gasteiger partial charge is 0.290 e. The third kappa shape index (κ3) is 2.84. The molecule has 0 saturated carbocycles. The molecule has 18 heavy (non-hydrogen) atoms. The number of nitrogens with zero attached hydrogens (tertiary/aromatic N) is 4. The Morgan fingerprint density at radius 1 is 1.44 bits per heavy atom. The summed E-state index contributed by atoms with van der Waals surface area (Å²) in [6, 6.07) is 7.21. The van der Waals surface area contributed by atoms with Crippen LogP contribution in [0.2, 0.25) is 0 Å². The van der Waals surface area contributed by atoms with Crippen LogP contribution in [0.3, 0.4) is 0 Å². The van der Waals surface area contributed by atoms with Crippen LogP contribution in [0, 0.1) is 0 Å². The molecule has 0 radical (unpaired) electrons. The van der Waals surface area contributed by atoms with Crippen molar-refractivity contribution in [2.45, 2.75) is 10.9 Å². The van der Waals surface area contributed by atoms with Crippen molar-refractivity contribution in [1.29, 1.82) is 0 Å². The highest BCUT2D eigenvalue weighted by atomic mass is 32.2. The maximum atomic E-state index is 11.2. The van der Waals surface area contributed by atoms with Crippen molar-refractivity contribution in [3.05, 3.63) is 35.4 Å². The van der Waals surface area contributed by atoms with Crippen LogP contribution in [-0.4, -0.2) is 26.1 Å². The van der Waals surface area contributed by atoms with E-state index < -0.39 is 0 Å². The first-order chi connectivity index (χ1) is 8.70. The summed E-state index contributed by atoms with van der Waals surface area (Å²) in [7, 11) is 1.79. The molecule has 0 bridgehead atoms. The van der Waals surface area contributed by atoms with E-state index in [9.17, 15) is 4.79 Å². The number of thioether (sulfide) groups is 1. The minimum Gasteiger partial charge on any atom is -0.290 e. The Bertz CT molecular complexity index is 538. The molecule has 0 aliphatic heterocycles. The number of amides is 1. The molecular formula is C10H12N6OS. The van der Waals surface area contributed by atoms with E-state index in [0.717, 1.165) is 16.5 Å². The topological polar surface area (TPSA) is 98.7 Å². The van der Waals surface area contributed by atoms with Gasteiger partial charge < -0.3 is 0 Å². The maximum Gasteiger partial charge on any atom is 0.265 e. The number of benzene rings is 1. The Hall–Kier alpha value is -1.93. The minimum absolute atomic E-state index is 0.299. The zero-order valence-electron chi connectivity index (χ0n) is 9.70.